The van der Waals surface area contributed by atoms with Gasteiger partial charge < -0.3 is 19.7 Å². The number of carbonyl (C=O) groups is 2. The first kappa shape index (κ1) is 26.0. The Morgan fingerprint density at radius 1 is 0.974 bits per heavy atom. The minimum atomic E-state index is -1.15. The minimum Gasteiger partial charge on any atom is -0.497 e. The average Bonchev–Trinajstić information content (AvgIpc) is 3.40. The highest BCUT2D eigenvalue weighted by Crippen LogP contribution is 2.31. The Morgan fingerprint density at radius 2 is 1.69 bits per heavy atom. The zero-order valence-electron chi connectivity index (χ0n) is 22.4. The van der Waals surface area contributed by atoms with E-state index in [1.165, 1.54) is 0 Å². The number of carbonyl (C=O) groups excluding carboxylic acids is 2. The SMILES string of the molecule is COc1ccc(-c2cc3n(n2)C[C@](C)(C(=O)NCc2ccccc2OC)N(CCc2ccccc2)C3=O)cc1. The number of fused-ring (bicyclic) bond motifs is 1. The summed E-state index contributed by atoms with van der Waals surface area (Å²) >= 11 is 0. The lowest BCUT2D eigenvalue weighted by atomic mass is 9.94. The molecule has 0 saturated carbocycles. The highest BCUT2D eigenvalue weighted by Gasteiger charge is 2.47. The molecule has 8 heteroatoms. The minimum absolute atomic E-state index is 0.223. The van der Waals surface area contributed by atoms with E-state index in [0.29, 0.717) is 30.1 Å². The van der Waals surface area contributed by atoms with Gasteiger partial charge in [-0.2, -0.15) is 5.10 Å². The number of ether oxygens (including phenoxy) is 2. The molecule has 2 amide bonds. The predicted molar refractivity (Wildman–Crippen MR) is 149 cm³/mol. The Morgan fingerprint density at radius 3 is 2.41 bits per heavy atom. The number of methoxy groups -OCH3 is 2. The van der Waals surface area contributed by atoms with Gasteiger partial charge in [0.25, 0.3) is 5.91 Å². The van der Waals surface area contributed by atoms with Crippen LogP contribution in [-0.4, -0.2) is 52.8 Å². The van der Waals surface area contributed by atoms with Gasteiger partial charge in [0, 0.05) is 24.2 Å². The molecule has 0 radical (unpaired) electrons. The summed E-state index contributed by atoms with van der Waals surface area (Å²) in [6.07, 6.45) is 0.626. The van der Waals surface area contributed by atoms with Crippen LogP contribution in [0.15, 0.2) is 84.9 Å². The maximum atomic E-state index is 13.9. The van der Waals surface area contributed by atoms with Crippen molar-refractivity contribution in [3.05, 3.63) is 102 Å². The van der Waals surface area contributed by atoms with E-state index in [-0.39, 0.29) is 24.9 Å². The highest BCUT2D eigenvalue weighted by atomic mass is 16.5. The molecule has 0 unspecified atom stereocenters. The van der Waals surface area contributed by atoms with E-state index in [4.69, 9.17) is 14.6 Å². The lowest BCUT2D eigenvalue weighted by Gasteiger charge is -2.43. The van der Waals surface area contributed by atoms with Gasteiger partial charge in [0.2, 0.25) is 5.91 Å². The van der Waals surface area contributed by atoms with Gasteiger partial charge >= 0.3 is 0 Å². The molecule has 0 saturated heterocycles. The van der Waals surface area contributed by atoms with Gasteiger partial charge in [-0.15, -0.1) is 0 Å². The summed E-state index contributed by atoms with van der Waals surface area (Å²) in [6, 6.07) is 26.8. The number of nitrogens with one attached hydrogen (secondary N) is 1. The van der Waals surface area contributed by atoms with Crippen molar-refractivity contribution >= 4 is 11.8 Å². The molecular weight excluding hydrogens is 492 g/mol. The Labute approximate surface area is 228 Å². The van der Waals surface area contributed by atoms with Crippen LogP contribution in [0.25, 0.3) is 11.3 Å². The van der Waals surface area contributed by atoms with Gasteiger partial charge in [0.15, 0.2) is 0 Å². The van der Waals surface area contributed by atoms with Crippen LogP contribution in [-0.2, 0) is 24.3 Å². The zero-order chi connectivity index (χ0) is 27.4. The maximum Gasteiger partial charge on any atom is 0.273 e. The monoisotopic (exact) mass is 524 g/mol. The zero-order valence-corrected chi connectivity index (χ0v) is 22.4. The van der Waals surface area contributed by atoms with Crippen molar-refractivity contribution in [3.8, 4) is 22.8 Å². The van der Waals surface area contributed by atoms with E-state index in [1.807, 2.05) is 85.8 Å². The summed E-state index contributed by atoms with van der Waals surface area (Å²) in [7, 11) is 3.22. The largest absolute Gasteiger partial charge is 0.497 e. The molecule has 0 aliphatic carbocycles. The van der Waals surface area contributed by atoms with Crippen LogP contribution >= 0.6 is 0 Å². The summed E-state index contributed by atoms with van der Waals surface area (Å²) in [4.78, 5) is 29.4. The Balaban J connectivity index is 1.45. The lowest BCUT2D eigenvalue weighted by Crippen LogP contribution is -2.64. The van der Waals surface area contributed by atoms with Crippen LogP contribution in [0.4, 0.5) is 0 Å². The molecule has 1 aliphatic rings. The van der Waals surface area contributed by atoms with Crippen LogP contribution < -0.4 is 14.8 Å². The third-order valence-corrected chi connectivity index (χ3v) is 7.27. The normalized spacial score (nSPS) is 16.5. The smallest absolute Gasteiger partial charge is 0.273 e. The van der Waals surface area contributed by atoms with Crippen molar-refractivity contribution in [2.45, 2.75) is 32.0 Å². The second-order valence-electron chi connectivity index (χ2n) is 9.76. The van der Waals surface area contributed by atoms with Gasteiger partial charge in [0.05, 0.1) is 26.5 Å². The molecule has 0 fully saturated rings. The van der Waals surface area contributed by atoms with Crippen molar-refractivity contribution < 1.29 is 19.1 Å². The molecule has 0 spiro atoms. The van der Waals surface area contributed by atoms with Crippen LogP contribution in [0.5, 0.6) is 11.5 Å². The first-order chi connectivity index (χ1) is 18.9. The van der Waals surface area contributed by atoms with Gasteiger partial charge in [-0.3, -0.25) is 14.3 Å². The number of para-hydroxylation sites is 1. The number of amides is 2. The average molecular weight is 525 g/mol. The Kier molecular flexibility index (Phi) is 7.36. The molecule has 1 aliphatic heterocycles. The molecule has 200 valence electrons. The van der Waals surface area contributed by atoms with Crippen molar-refractivity contribution in [1.29, 1.82) is 0 Å². The third-order valence-electron chi connectivity index (χ3n) is 7.27. The fourth-order valence-corrected chi connectivity index (χ4v) is 4.99. The number of nitrogens with zero attached hydrogens (tertiary/aromatic N) is 3. The number of benzene rings is 3. The highest BCUT2D eigenvalue weighted by molar-refractivity contribution is 6.00. The molecule has 0 bridgehead atoms. The fraction of sp³-hybridized carbons (Fsp3) is 0.258. The molecule has 39 heavy (non-hydrogen) atoms. The lowest BCUT2D eigenvalue weighted by molar-refractivity contribution is -0.133. The summed E-state index contributed by atoms with van der Waals surface area (Å²) in [6.45, 7) is 2.72. The maximum absolute atomic E-state index is 13.9. The van der Waals surface area contributed by atoms with Crippen molar-refractivity contribution in [3.63, 3.8) is 0 Å². The summed E-state index contributed by atoms with van der Waals surface area (Å²) < 4.78 is 12.4. The van der Waals surface area contributed by atoms with Crippen LogP contribution in [0, 0.1) is 0 Å². The Bertz CT molecular complexity index is 1470. The molecule has 1 atom stereocenters. The van der Waals surface area contributed by atoms with E-state index in [2.05, 4.69) is 5.32 Å². The van der Waals surface area contributed by atoms with E-state index in [0.717, 1.165) is 22.4 Å². The van der Waals surface area contributed by atoms with Gasteiger partial charge in [-0.1, -0.05) is 48.5 Å². The van der Waals surface area contributed by atoms with Gasteiger partial charge in [0.1, 0.15) is 22.7 Å². The molecule has 1 aromatic heterocycles. The standard InChI is InChI=1S/C31H32N4O4/c1-31(30(37)32-20-24-11-7-8-12-28(24)39-3)21-35-27(19-26(33-35)23-13-15-25(38-2)16-14-23)29(36)34(31)18-17-22-9-5-4-6-10-22/h4-16,19H,17-18,20-21H2,1-3H3,(H,32,37)/t31-/m1/s1. The van der Waals surface area contributed by atoms with Crippen molar-refractivity contribution in [1.82, 2.24) is 20.0 Å². The van der Waals surface area contributed by atoms with Crippen LogP contribution in [0.2, 0.25) is 0 Å². The van der Waals surface area contributed by atoms with E-state index in [1.54, 1.807) is 29.9 Å². The molecule has 1 N–H and O–H groups in total. The van der Waals surface area contributed by atoms with E-state index >= 15 is 0 Å². The van der Waals surface area contributed by atoms with Gasteiger partial charge in [-0.05, 0) is 55.3 Å². The number of hydrogen-bond acceptors (Lipinski definition) is 5. The summed E-state index contributed by atoms with van der Waals surface area (Å²) in [5.74, 6) is 0.966. The van der Waals surface area contributed by atoms with E-state index in [9.17, 15) is 9.59 Å². The molecule has 3 aromatic carbocycles. The van der Waals surface area contributed by atoms with Crippen LogP contribution in [0.3, 0.4) is 0 Å². The number of aromatic nitrogens is 2. The van der Waals surface area contributed by atoms with Crippen molar-refractivity contribution in [2.75, 3.05) is 20.8 Å². The first-order valence-electron chi connectivity index (χ1n) is 12.9. The molecule has 5 rings (SSSR count). The number of hydrogen-bond donors (Lipinski definition) is 1. The van der Waals surface area contributed by atoms with Crippen molar-refractivity contribution in [2.24, 2.45) is 0 Å². The first-order valence-corrected chi connectivity index (χ1v) is 12.9. The third kappa shape index (κ3) is 5.23. The fourth-order valence-electron chi connectivity index (χ4n) is 4.99. The molecule has 8 nitrogen and oxygen atoms in total. The molecular formula is C31H32N4O4. The number of rotatable bonds is 9. The second-order valence-corrected chi connectivity index (χ2v) is 9.76. The predicted octanol–water partition coefficient (Wildman–Crippen LogP) is 4.34. The topological polar surface area (TPSA) is 85.7 Å². The summed E-state index contributed by atoms with van der Waals surface area (Å²) in [5.41, 5.74) is 2.80. The molecule has 4 aromatic rings. The van der Waals surface area contributed by atoms with E-state index < -0.39 is 5.54 Å². The second kappa shape index (κ2) is 11.0. The quantitative estimate of drug-likeness (QED) is 0.352. The van der Waals surface area contributed by atoms with Crippen LogP contribution in [0.1, 0.15) is 28.5 Å². The Hall–Kier alpha value is -4.59. The molecule has 2 heterocycles. The van der Waals surface area contributed by atoms with Gasteiger partial charge in [-0.25, -0.2) is 0 Å². The summed E-state index contributed by atoms with van der Waals surface area (Å²) in [5, 5.41) is 7.78.